The van der Waals surface area contributed by atoms with E-state index in [0.29, 0.717) is 6.04 Å². The van der Waals surface area contributed by atoms with Gasteiger partial charge in [0.05, 0.1) is 11.1 Å². The Morgan fingerprint density at radius 3 is 2.66 bits per heavy atom. The Bertz CT molecular complexity index is 1170. The van der Waals surface area contributed by atoms with E-state index in [-0.39, 0.29) is 12.7 Å². The Hall–Kier alpha value is -3.12. The summed E-state index contributed by atoms with van der Waals surface area (Å²) < 4.78 is 11.0. The number of carbonyl (C=O) groups is 1. The normalized spacial score (nSPS) is 20.4. The number of ether oxygens (including phenoxy) is 2. The lowest BCUT2D eigenvalue weighted by Gasteiger charge is -2.29. The molecule has 0 aliphatic carbocycles. The third-order valence-electron chi connectivity index (χ3n) is 6.98. The molecule has 1 aromatic heterocycles. The van der Waals surface area contributed by atoms with E-state index >= 15 is 0 Å². The molecule has 0 bridgehead atoms. The minimum Gasteiger partial charge on any atom is -0.454 e. The van der Waals surface area contributed by atoms with Crippen molar-refractivity contribution in [2.24, 2.45) is 0 Å². The summed E-state index contributed by atoms with van der Waals surface area (Å²) in [6.07, 6.45) is 6.47. The molecule has 3 aliphatic heterocycles. The standard InChI is InChI=1S/C26H27N3O3/c30-26(29-13-3-4-20(29)16-28-11-1-2-12-28)21-9-10-27-23-7-5-18(14-22(21)23)19-6-8-24-25(15-19)32-17-31-24/h5-10,14-15,20H,1-4,11-13,16-17H2/t20-/m0/s1. The summed E-state index contributed by atoms with van der Waals surface area (Å²) in [5.41, 5.74) is 3.65. The van der Waals surface area contributed by atoms with Crippen LogP contribution in [-0.4, -0.2) is 59.7 Å². The SMILES string of the molecule is O=C(c1ccnc2ccc(-c3ccc4c(c3)OCO4)cc12)N1CCC[C@H]1CN1CCCC1. The van der Waals surface area contributed by atoms with E-state index in [0.717, 1.165) is 78.1 Å². The van der Waals surface area contributed by atoms with E-state index in [2.05, 4.69) is 20.9 Å². The molecule has 6 rings (SSSR count). The van der Waals surface area contributed by atoms with Crippen molar-refractivity contribution in [1.29, 1.82) is 0 Å². The van der Waals surface area contributed by atoms with Gasteiger partial charge in [0, 0.05) is 30.7 Å². The molecular weight excluding hydrogens is 402 g/mol. The predicted octanol–water partition coefficient (Wildman–Crippen LogP) is 4.33. The number of hydrogen-bond acceptors (Lipinski definition) is 5. The summed E-state index contributed by atoms with van der Waals surface area (Å²) in [4.78, 5) is 22.8. The van der Waals surface area contributed by atoms with Crippen LogP contribution in [0.4, 0.5) is 0 Å². The highest BCUT2D eigenvalue weighted by atomic mass is 16.7. The van der Waals surface area contributed by atoms with E-state index in [9.17, 15) is 4.79 Å². The zero-order valence-corrected chi connectivity index (χ0v) is 18.1. The van der Waals surface area contributed by atoms with Gasteiger partial charge in [-0.05, 0) is 80.2 Å². The Morgan fingerprint density at radius 2 is 1.75 bits per heavy atom. The van der Waals surface area contributed by atoms with Crippen LogP contribution in [0.3, 0.4) is 0 Å². The van der Waals surface area contributed by atoms with E-state index < -0.39 is 0 Å². The highest BCUT2D eigenvalue weighted by Gasteiger charge is 2.32. The second kappa shape index (κ2) is 8.10. The number of benzene rings is 2. The number of hydrogen-bond donors (Lipinski definition) is 0. The van der Waals surface area contributed by atoms with Crippen molar-refractivity contribution in [2.75, 3.05) is 33.0 Å². The third kappa shape index (κ3) is 3.48. The number of pyridine rings is 1. The van der Waals surface area contributed by atoms with Crippen molar-refractivity contribution in [3.8, 4) is 22.6 Å². The molecule has 3 aliphatic rings. The van der Waals surface area contributed by atoms with Crippen LogP contribution in [0.2, 0.25) is 0 Å². The number of likely N-dealkylation sites (tertiary alicyclic amines) is 2. The summed E-state index contributed by atoms with van der Waals surface area (Å²) in [6, 6.07) is 14.3. The van der Waals surface area contributed by atoms with Crippen LogP contribution in [0, 0.1) is 0 Å². The van der Waals surface area contributed by atoms with Crippen molar-refractivity contribution in [2.45, 2.75) is 31.7 Å². The van der Waals surface area contributed by atoms with Gasteiger partial charge in [-0.3, -0.25) is 9.78 Å². The van der Waals surface area contributed by atoms with Gasteiger partial charge in [0.2, 0.25) is 6.79 Å². The van der Waals surface area contributed by atoms with Gasteiger partial charge in [-0.2, -0.15) is 0 Å². The van der Waals surface area contributed by atoms with Gasteiger partial charge < -0.3 is 19.3 Å². The fourth-order valence-corrected chi connectivity index (χ4v) is 5.30. The maximum Gasteiger partial charge on any atom is 0.254 e. The van der Waals surface area contributed by atoms with Crippen molar-refractivity contribution in [3.05, 3.63) is 54.2 Å². The monoisotopic (exact) mass is 429 g/mol. The first kappa shape index (κ1) is 19.6. The number of fused-ring (bicyclic) bond motifs is 2. The predicted molar refractivity (Wildman–Crippen MR) is 123 cm³/mol. The van der Waals surface area contributed by atoms with Crippen LogP contribution in [0.15, 0.2) is 48.7 Å². The van der Waals surface area contributed by atoms with E-state index in [1.54, 1.807) is 6.20 Å². The van der Waals surface area contributed by atoms with E-state index in [1.165, 1.54) is 12.8 Å². The van der Waals surface area contributed by atoms with E-state index in [4.69, 9.17) is 9.47 Å². The molecule has 0 N–H and O–H groups in total. The number of amides is 1. The van der Waals surface area contributed by atoms with Gasteiger partial charge in [-0.25, -0.2) is 0 Å². The molecule has 4 heterocycles. The van der Waals surface area contributed by atoms with Crippen LogP contribution in [0.25, 0.3) is 22.0 Å². The summed E-state index contributed by atoms with van der Waals surface area (Å²) in [6.45, 7) is 4.42. The van der Waals surface area contributed by atoms with Gasteiger partial charge in [-0.15, -0.1) is 0 Å². The molecule has 0 saturated carbocycles. The van der Waals surface area contributed by atoms with Crippen molar-refractivity contribution < 1.29 is 14.3 Å². The van der Waals surface area contributed by atoms with Crippen LogP contribution in [-0.2, 0) is 0 Å². The zero-order valence-electron chi connectivity index (χ0n) is 18.1. The molecule has 1 atom stereocenters. The fourth-order valence-electron chi connectivity index (χ4n) is 5.30. The number of nitrogens with zero attached hydrogens (tertiary/aromatic N) is 3. The largest absolute Gasteiger partial charge is 0.454 e. The molecule has 32 heavy (non-hydrogen) atoms. The minimum absolute atomic E-state index is 0.127. The Kier molecular flexibility index (Phi) is 4.95. The maximum atomic E-state index is 13.7. The maximum absolute atomic E-state index is 13.7. The number of aromatic nitrogens is 1. The second-order valence-electron chi connectivity index (χ2n) is 8.96. The summed E-state index contributed by atoms with van der Waals surface area (Å²) in [7, 11) is 0. The van der Waals surface area contributed by atoms with Crippen molar-refractivity contribution >= 4 is 16.8 Å². The topological polar surface area (TPSA) is 54.9 Å². The van der Waals surface area contributed by atoms with Gasteiger partial charge in [-0.1, -0.05) is 12.1 Å². The van der Waals surface area contributed by atoms with Gasteiger partial charge in [0.15, 0.2) is 11.5 Å². The summed E-state index contributed by atoms with van der Waals surface area (Å²) >= 11 is 0. The molecule has 2 fully saturated rings. The van der Waals surface area contributed by atoms with E-state index in [1.807, 2.05) is 36.4 Å². The summed E-state index contributed by atoms with van der Waals surface area (Å²) in [5, 5.41) is 0.902. The lowest BCUT2D eigenvalue weighted by Crippen LogP contribution is -2.42. The molecule has 164 valence electrons. The number of rotatable bonds is 4. The average molecular weight is 430 g/mol. The average Bonchev–Trinajstić information content (AvgIpc) is 3.60. The molecule has 1 amide bonds. The molecule has 3 aromatic rings. The second-order valence-corrected chi connectivity index (χ2v) is 8.96. The van der Waals surface area contributed by atoms with Crippen LogP contribution in [0.5, 0.6) is 11.5 Å². The smallest absolute Gasteiger partial charge is 0.254 e. The van der Waals surface area contributed by atoms with Crippen LogP contribution < -0.4 is 9.47 Å². The Balaban J connectivity index is 1.33. The van der Waals surface area contributed by atoms with Gasteiger partial charge in [0.1, 0.15) is 0 Å². The quantitative estimate of drug-likeness (QED) is 0.618. The van der Waals surface area contributed by atoms with Gasteiger partial charge >= 0.3 is 0 Å². The van der Waals surface area contributed by atoms with Gasteiger partial charge in [0.25, 0.3) is 5.91 Å². The van der Waals surface area contributed by atoms with Crippen LogP contribution >= 0.6 is 0 Å². The first-order valence-electron chi connectivity index (χ1n) is 11.6. The first-order valence-corrected chi connectivity index (χ1v) is 11.6. The highest BCUT2D eigenvalue weighted by molar-refractivity contribution is 6.07. The third-order valence-corrected chi connectivity index (χ3v) is 6.98. The first-order chi connectivity index (χ1) is 15.8. The fraction of sp³-hybridized carbons (Fsp3) is 0.385. The zero-order chi connectivity index (χ0) is 21.5. The Morgan fingerprint density at radius 1 is 0.938 bits per heavy atom. The highest BCUT2D eigenvalue weighted by Crippen LogP contribution is 2.37. The molecule has 2 saturated heterocycles. The molecule has 2 aromatic carbocycles. The molecule has 6 nitrogen and oxygen atoms in total. The molecule has 0 radical (unpaired) electrons. The van der Waals surface area contributed by atoms with Crippen molar-refractivity contribution in [3.63, 3.8) is 0 Å². The minimum atomic E-state index is 0.127. The summed E-state index contributed by atoms with van der Waals surface area (Å²) in [5.74, 6) is 1.65. The lowest BCUT2D eigenvalue weighted by atomic mass is 10.00. The lowest BCUT2D eigenvalue weighted by molar-refractivity contribution is 0.0710. The molecule has 6 heteroatoms. The van der Waals surface area contributed by atoms with Crippen LogP contribution in [0.1, 0.15) is 36.0 Å². The molecular formula is C26H27N3O3. The molecule has 0 spiro atoms. The Labute approximate surface area is 187 Å². The number of carbonyl (C=O) groups excluding carboxylic acids is 1. The van der Waals surface area contributed by atoms with Crippen molar-refractivity contribution in [1.82, 2.24) is 14.8 Å². The molecule has 0 unspecified atom stereocenters.